The standard InChI is InChI=1S/C19H20O6/c1-4-11-24-18(20)13-9-10-16(17(12-13)23-3)25-19(21)14-7-5-6-8-15(14)22-2/h5-10,12H,4,11H2,1-3H3. The van der Waals surface area contributed by atoms with E-state index in [9.17, 15) is 9.59 Å². The van der Waals surface area contributed by atoms with Crippen LogP contribution in [0.4, 0.5) is 0 Å². The lowest BCUT2D eigenvalue weighted by Gasteiger charge is -2.12. The third-order valence-corrected chi connectivity index (χ3v) is 3.37. The lowest BCUT2D eigenvalue weighted by Crippen LogP contribution is -2.11. The van der Waals surface area contributed by atoms with Crippen LogP contribution in [-0.2, 0) is 4.74 Å². The predicted octanol–water partition coefficient (Wildman–Crippen LogP) is 3.49. The van der Waals surface area contributed by atoms with E-state index in [0.29, 0.717) is 23.5 Å². The number of benzene rings is 2. The first-order chi connectivity index (χ1) is 12.1. The number of methoxy groups -OCH3 is 2. The molecule has 6 heteroatoms. The second kappa shape index (κ2) is 8.73. The van der Waals surface area contributed by atoms with E-state index in [1.165, 1.54) is 32.4 Å². The average molecular weight is 344 g/mol. The number of rotatable bonds is 7. The van der Waals surface area contributed by atoms with E-state index in [-0.39, 0.29) is 11.5 Å². The minimum Gasteiger partial charge on any atom is -0.496 e. The van der Waals surface area contributed by atoms with E-state index < -0.39 is 11.9 Å². The molecule has 0 saturated heterocycles. The predicted molar refractivity (Wildman–Crippen MR) is 91.5 cm³/mol. The highest BCUT2D eigenvalue weighted by Crippen LogP contribution is 2.30. The summed E-state index contributed by atoms with van der Waals surface area (Å²) in [4.78, 5) is 24.3. The SMILES string of the molecule is CCCOC(=O)c1ccc(OC(=O)c2ccccc2OC)c(OC)c1. The first-order valence-electron chi connectivity index (χ1n) is 7.81. The Balaban J connectivity index is 2.22. The van der Waals surface area contributed by atoms with Crippen LogP contribution in [0.1, 0.15) is 34.1 Å². The molecule has 0 aliphatic heterocycles. The van der Waals surface area contributed by atoms with Crippen LogP contribution in [0.25, 0.3) is 0 Å². The molecule has 132 valence electrons. The summed E-state index contributed by atoms with van der Waals surface area (Å²) in [5, 5.41) is 0. The number of carbonyl (C=O) groups excluding carboxylic acids is 2. The van der Waals surface area contributed by atoms with Crippen LogP contribution in [0.15, 0.2) is 42.5 Å². The van der Waals surface area contributed by atoms with Crippen molar-refractivity contribution in [1.29, 1.82) is 0 Å². The van der Waals surface area contributed by atoms with E-state index in [0.717, 1.165) is 6.42 Å². The van der Waals surface area contributed by atoms with Gasteiger partial charge in [0.05, 0.1) is 26.4 Å². The lowest BCUT2D eigenvalue weighted by atomic mass is 10.2. The number of hydrogen-bond acceptors (Lipinski definition) is 6. The van der Waals surface area contributed by atoms with E-state index >= 15 is 0 Å². The van der Waals surface area contributed by atoms with Crippen LogP contribution in [-0.4, -0.2) is 32.8 Å². The van der Waals surface area contributed by atoms with Gasteiger partial charge in [0.1, 0.15) is 11.3 Å². The van der Waals surface area contributed by atoms with Gasteiger partial charge in [-0.1, -0.05) is 19.1 Å². The molecule has 0 aliphatic rings. The third kappa shape index (κ3) is 4.50. The van der Waals surface area contributed by atoms with Crippen molar-refractivity contribution in [3.63, 3.8) is 0 Å². The van der Waals surface area contributed by atoms with Gasteiger partial charge in [0.2, 0.25) is 0 Å². The zero-order valence-corrected chi connectivity index (χ0v) is 14.4. The molecule has 2 rings (SSSR count). The van der Waals surface area contributed by atoms with Crippen LogP contribution < -0.4 is 14.2 Å². The Morgan fingerprint density at radius 3 is 2.28 bits per heavy atom. The first kappa shape index (κ1) is 18.3. The summed E-state index contributed by atoms with van der Waals surface area (Å²) in [5.41, 5.74) is 0.612. The highest BCUT2D eigenvalue weighted by Gasteiger charge is 2.18. The van der Waals surface area contributed by atoms with Crippen LogP contribution in [0.2, 0.25) is 0 Å². The van der Waals surface area contributed by atoms with Gasteiger partial charge < -0.3 is 18.9 Å². The Bertz CT molecular complexity index is 753. The first-order valence-corrected chi connectivity index (χ1v) is 7.81. The molecule has 0 radical (unpaired) electrons. The largest absolute Gasteiger partial charge is 0.496 e. The van der Waals surface area contributed by atoms with E-state index in [1.54, 1.807) is 24.3 Å². The molecule has 0 saturated carbocycles. The van der Waals surface area contributed by atoms with Crippen molar-refractivity contribution in [2.45, 2.75) is 13.3 Å². The van der Waals surface area contributed by atoms with E-state index in [1.807, 2.05) is 6.92 Å². The molecule has 0 aliphatic carbocycles. The van der Waals surface area contributed by atoms with Crippen molar-refractivity contribution in [3.05, 3.63) is 53.6 Å². The third-order valence-electron chi connectivity index (χ3n) is 3.37. The van der Waals surface area contributed by atoms with Gasteiger partial charge in [0.25, 0.3) is 0 Å². The second-order valence-electron chi connectivity index (χ2n) is 5.09. The molecule has 0 spiro atoms. The Kier molecular flexibility index (Phi) is 6.39. The minimum atomic E-state index is -0.586. The van der Waals surface area contributed by atoms with Gasteiger partial charge >= 0.3 is 11.9 Å². The van der Waals surface area contributed by atoms with Gasteiger partial charge in [0.15, 0.2) is 11.5 Å². The molecule has 0 aromatic heterocycles. The van der Waals surface area contributed by atoms with Crippen LogP contribution in [0.3, 0.4) is 0 Å². The van der Waals surface area contributed by atoms with Gasteiger partial charge in [-0.3, -0.25) is 0 Å². The monoisotopic (exact) mass is 344 g/mol. The fourth-order valence-electron chi connectivity index (χ4n) is 2.13. The summed E-state index contributed by atoms with van der Waals surface area (Å²) in [6.07, 6.45) is 0.734. The van der Waals surface area contributed by atoms with E-state index in [2.05, 4.69) is 0 Å². The van der Waals surface area contributed by atoms with Gasteiger partial charge in [-0.25, -0.2) is 9.59 Å². The lowest BCUT2D eigenvalue weighted by molar-refractivity contribution is 0.0504. The number of ether oxygens (including phenoxy) is 4. The summed E-state index contributed by atoms with van der Waals surface area (Å²) in [7, 11) is 2.90. The summed E-state index contributed by atoms with van der Waals surface area (Å²) >= 11 is 0. The highest BCUT2D eigenvalue weighted by atomic mass is 16.6. The minimum absolute atomic E-state index is 0.199. The summed E-state index contributed by atoms with van der Waals surface area (Å²) in [5.74, 6) is -0.175. The molecule has 2 aromatic rings. The topological polar surface area (TPSA) is 71.1 Å². The molecule has 0 bridgehead atoms. The second-order valence-corrected chi connectivity index (χ2v) is 5.09. The van der Waals surface area contributed by atoms with Crippen molar-refractivity contribution < 1.29 is 28.5 Å². The summed E-state index contributed by atoms with van der Waals surface area (Å²) in [6, 6.07) is 11.2. The van der Waals surface area contributed by atoms with Gasteiger partial charge in [-0.2, -0.15) is 0 Å². The van der Waals surface area contributed by atoms with Crippen molar-refractivity contribution in [2.75, 3.05) is 20.8 Å². The van der Waals surface area contributed by atoms with Crippen molar-refractivity contribution in [3.8, 4) is 17.2 Å². The highest BCUT2D eigenvalue weighted by molar-refractivity contribution is 5.95. The van der Waals surface area contributed by atoms with Gasteiger partial charge in [0, 0.05) is 0 Å². The van der Waals surface area contributed by atoms with Crippen molar-refractivity contribution in [2.24, 2.45) is 0 Å². The molecule has 0 atom stereocenters. The van der Waals surface area contributed by atoms with Crippen molar-refractivity contribution in [1.82, 2.24) is 0 Å². The van der Waals surface area contributed by atoms with Crippen LogP contribution >= 0.6 is 0 Å². The van der Waals surface area contributed by atoms with Crippen LogP contribution in [0, 0.1) is 0 Å². The Morgan fingerprint density at radius 1 is 0.880 bits per heavy atom. The molecule has 0 amide bonds. The molecule has 6 nitrogen and oxygen atoms in total. The fraction of sp³-hybridized carbons (Fsp3) is 0.263. The Labute approximate surface area is 146 Å². The normalized spacial score (nSPS) is 10.0. The van der Waals surface area contributed by atoms with Crippen LogP contribution in [0.5, 0.6) is 17.2 Å². The molecule has 25 heavy (non-hydrogen) atoms. The molecule has 0 unspecified atom stereocenters. The van der Waals surface area contributed by atoms with Gasteiger partial charge in [-0.05, 0) is 36.8 Å². The van der Waals surface area contributed by atoms with Crippen molar-refractivity contribution >= 4 is 11.9 Å². The fourth-order valence-corrected chi connectivity index (χ4v) is 2.13. The maximum absolute atomic E-state index is 12.4. The molecule has 2 aromatic carbocycles. The Morgan fingerprint density at radius 2 is 1.60 bits per heavy atom. The number of hydrogen-bond donors (Lipinski definition) is 0. The molecule has 0 heterocycles. The Hall–Kier alpha value is -3.02. The average Bonchev–Trinajstić information content (AvgIpc) is 2.66. The smallest absolute Gasteiger partial charge is 0.347 e. The molecule has 0 fully saturated rings. The summed E-state index contributed by atoms with van der Waals surface area (Å²) < 4.78 is 20.8. The number of para-hydroxylation sites is 1. The van der Waals surface area contributed by atoms with Gasteiger partial charge in [-0.15, -0.1) is 0 Å². The zero-order valence-electron chi connectivity index (χ0n) is 14.4. The number of carbonyl (C=O) groups is 2. The number of esters is 2. The zero-order chi connectivity index (χ0) is 18.2. The van der Waals surface area contributed by atoms with E-state index in [4.69, 9.17) is 18.9 Å². The maximum atomic E-state index is 12.4. The summed E-state index contributed by atoms with van der Waals surface area (Å²) in [6.45, 7) is 2.25. The quantitative estimate of drug-likeness (QED) is 0.566. The molecular formula is C19H20O6. The maximum Gasteiger partial charge on any atom is 0.347 e. The molecular weight excluding hydrogens is 324 g/mol. The molecule has 0 N–H and O–H groups in total.